The van der Waals surface area contributed by atoms with Gasteiger partial charge in [-0.05, 0) is 81.3 Å². The first-order valence-corrected chi connectivity index (χ1v) is 10.7. The molecule has 0 radical (unpaired) electrons. The third kappa shape index (κ3) is 8.28. The lowest BCUT2D eigenvalue weighted by Gasteiger charge is -2.26. The first-order valence-electron chi connectivity index (χ1n) is 10.7. The average Bonchev–Trinajstić information content (AvgIpc) is 2.66. The van der Waals surface area contributed by atoms with Crippen LogP contribution in [0.3, 0.4) is 0 Å². The predicted octanol–water partition coefficient (Wildman–Crippen LogP) is 6.69. The molecule has 25 heavy (non-hydrogen) atoms. The Kier molecular flexibility index (Phi) is 10.1. The van der Waals surface area contributed by atoms with E-state index in [1.165, 1.54) is 77.0 Å². The third-order valence-electron chi connectivity index (χ3n) is 6.15. The van der Waals surface area contributed by atoms with Crippen molar-refractivity contribution in [3.63, 3.8) is 0 Å². The zero-order valence-electron chi connectivity index (χ0n) is 16.5. The van der Waals surface area contributed by atoms with Crippen LogP contribution in [0.15, 0.2) is 24.3 Å². The van der Waals surface area contributed by atoms with Crippen molar-refractivity contribution < 1.29 is 4.74 Å². The summed E-state index contributed by atoms with van der Waals surface area (Å²) in [7, 11) is 1.83. The molecule has 0 aromatic rings. The molecule has 0 saturated heterocycles. The van der Waals surface area contributed by atoms with E-state index in [1.54, 1.807) is 0 Å². The van der Waals surface area contributed by atoms with Gasteiger partial charge in [-0.3, -0.25) is 0 Å². The second-order valence-corrected chi connectivity index (χ2v) is 8.06. The van der Waals surface area contributed by atoms with Gasteiger partial charge >= 0.3 is 0 Å². The molecule has 0 bridgehead atoms. The quantitative estimate of drug-likeness (QED) is 0.370. The molecule has 0 N–H and O–H groups in total. The molecule has 2 fully saturated rings. The Morgan fingerprint density at radius 2 is 1.36 bits per heavy atom. The minimum Gasteiger partial charge on any atom is -0.381 e. The molecule has 0 unspecified atom stereocenters. The summed E-state index contributed by atoms with van der Waals surface area (Å²) in [5.41, 5.74) is 0. The molecule has 2 saturated carbocycles. The Bertz CT molecular complexity index is 448. The molecule has 1 nitrogen and oxygen atoms in total. The van der Waals surface area contributed by atoms with Gasteiger partial charge in [0.2, 0.25) is 0 Å². The molecule has 2 rings (SSSR count). The van der Waals surface area contributed by atoms with E-state index in [4.69, 9.17) is 4.74 Å². The summed E-state index contributed by atoms with van der Waals surface area (Å²) in [5.74, 6) is 8.86. The van der Waals surface area contributed by atoms with Gasteiger partial charge in [-0.2, -0.15) is 0 Å². The molecule has 2 aliphatic carbocycles. The summed E-state index contributed by atoms with van der Waals surface area (Å²) >= 11 is 0. The van der Waals surface area contributed by atoms with E-state index in [-0.39, 0.29) is 0 Å². The predicted molar refractivity (Wildman–Crippen MR) is 108 cm³/mol. The molecular formula is C24H38O. The van der Waals surface area contributed by atoms with Crippen molar-refractivity contribution in [2.45, 2.75) is 90.1 Å². The number of hydrogen-bond acceptors (Lipinski definition) is 1. The highest BCUT2D eigenvalue weighted by Crippen LogP contribution is 2.32. The minimum absolute atomic E-state index is 0.486. The van der Waals surface area contributed by atoms with E-state index in [0.29, 0.717) is 12.0 Å². The van der Waals surface area contributed by atoms with E-state index in [9.17, 15) is 0 Å². The van der Waals surface area contributed by atoms with E-state index in [0.717, 1.165) is 11.8 Å². The number of unbranched alkanes of at least 4 members (excludes halogenated alkanes) is 2. The Balaban J connectivity index is 1.59. The van der Waals surface area contributed by atoms with Crippen LogP contribution < -0.4 is 0 Å². The standard InChI is InChI=1S/C24H38O/c1-3-4-7-10-21-13-15-22(16-14-21)11-8-5-6-9-12-23-17-19-24(25-2)20-18-23/h8-9,11-12,21-24H,3-4,7,10,13-20H2,1-2H3/b11-8+,12-9+/t21-,22-,23-,24-. The molecule has 0 spiro atoms. The number of ether oxygens (including phenoxy) is 1. The normalized spacial score (nSPS) is 30.5. The van der Waals surface area contributed by atoms with Crippen molar-refractivity contribution in [3.05, 3.63) is 24.3 Å². The first-order chi connectivity index (χ1) is 12.3. The second kappa shape index (κ2) is 12.4. The molecule has 140 valence electrons. The summed E-state index contributed by atoms with van der Waals surface area (Å²) in [4.78, 5) is 0. The van der Waals surface area contributed by atoms with Crippen molar-refractivity contribution >= 4 is 0 Å². The molecule has 0 aromatic carbocycles. The van der Waals surface area contributed by atoms with Gasteiger partial charge in [0.05, 0.1) is 6.10 Å². The van der Waals surface area contributed by atoms with Gasteiger partial charge in [0.15, 0.2) is 0 Å². The van der Waals surface area contributed by atoms with Crippen LogP contribution >= 0.6 is 0 Å². The molecule has 0 aromatic heterocycles. The van der Waals surface area contributed by atoms with Crippen LogP contribution in [0.25, 0.3) is 0 Å². The number of hydrogen-bond donors (Lipinski definition) is 0. The maximum atomic E-state index is 5.42. The monoisotopic (exact) mass is 342 g/mol. The fraction of sp³-hybridized carbons (Fsp3) is 0.750. The third-order valence-corrected chi connectivity index (χ3v) is 6.15. The SMILES string of the molecule is CCCCC[C@H]1CC[C@H](/C=C/C#C/C=C/[C@H]2CC[C@H](OC)CC2)CC1. The molecule has 1 heteroatoms. The van der Waals surface area contributed by atoms with Crippen LogP contribution in [-0.2, 0) is 4.74 Å². The maximum absolute atomic E-state index is 5.42. The average molecular weight is 343 g/mol. The lowest BCUT2D eigenvalue weighted by molar-refractivity contribution is 0.0627. The Morgan fingerprint density at radius 3 is 1.88 bits per heavy atom. The minimum atomic E-state index is 0.486. The summed E-state index contributed by atoms with van der Waals surface area (Å²) in [6, 6.07) is 0. The van der Waals surface area contributed by atoms with Crippen molar-refractivity contribution in [1.82, 2.24) is 0 Å². The lowest BCUT2D eigenvalue weighted by atomic mass is 9.79. The summed E-state index contributed by atoms with van der Waals surface area (Å²) in [6.07, 6.45) is 25.4. The van der Waals surface area contributed by atoms with Crippen molar-refractivity contribution in [2.24, 2.45) is 17.8 Å². The second-order valence-electron chi connectivity index (χ2n) is 8.06. The zero-order valence-corrected chi connectivity index (χ0v) is 16.5. The van der Waals surface area contributed by atoms with Gasteiger partial charge in [-0.15, -0.1) is 0 Å². The van der Waals surface area contributed by atoms with Gasteiger partial charge in [-0.25, -0.2) is 0 Å². The van der Waals surface area contributed by atoms with Gasteiger partial charge in [0, 0.05) is 7.11 Å². The Morgan fingerprint density at radius 1 is 0.800 bits per heavy atom. The van der Waals surface area contributed by atoms with Crippen molar-refractivity contribution in [3.8, 4) is 11.8 Å². The Hall–Kier alpha value is -1.00. The number of methoxy groups -OCH3 is 1. The molecule has 0 aliphatic heterocycles. The van der Waals surface area contributed by atoms with Crippen molar-refractivity contribution in [2.75, 3.05) is 7.11 Å². The lowest BCUT2D eigenvalue weighted by Crippen LogP contribution is -2.19. The van der Waals surface area contributed by atoms with Crippen molar-refractivity contribution in [1.29, 1.82) is 0 Å². The maximum Gasteiger partial charge on any atom is 0.0571 e. The van der Waals surface area contributed by atoms with E-state index in [1.807, 2.05) is 7.11 Å². The van der Waals surface area contributed by atoms with Crippen LogP contribution in [0.1, 0.15) is 84.0 Å². The van der Waals surface area contributed by atoms with Crippen LogP contribution in [0.5, 0.6) is 0 Å². The fourth-order valence-electron chi connectivity index (χ4n) is 4.33. The van der Waals surface area contributed by atoms with E-state index < -0.39 is 0 Å². The summed E-state index contributed by atoms with van der Waals surface area (Å²) in [6.45, 7) is 2.30. The van der Waals surface area contributed by atoms with Crippen LogP contribution in [0, 0.1) is 29.6 Å². The molecule has 2 aliphatic rings. The number of allylic oxidation sites excluding steroid dienone is 4. The van der Waals surface area contributed by atoms with Crippen LogP contribution in [0.2, 0.25) is 0 Å². The van der Waals surface area contributed by atoms with Gasteiger partial charge < -0.3 is 4.74 Å². The molecule has 0 atom stereocenters. The van der Waals surface area contributed by atoms with Gasteiger partial charge in [0.1, 0.15) is 0 Å². The van der Waals surface area contributed by atoms with Crippen LogP contribution in [-0.4, -0.2) is 13.2 Å². The highest BCUT2D eigenvalue weighted by atomic mass is 16.5. The molecule has 0 amide bonds. The van der Waals surface area contributed by atoms with Crippen LogP contribution in [0.4, 0.5) is 0 Å². The Labute approximate surface area is 156 Å². The molecule has 0 heterocycles. The van der Waals surface area contributed by atoms with E-state index in [2.05, 4.69) is 43.1 Å². The van der Waals surface area contributed by atoms with Gasteiger partial charge in [-0.1, -0.05) is 56.6 Å². The zero-order chi connectivity index (χ0) is 17.7. The highest BCUT2D eigenvalue weighted by Gasteiger charge is 2.19. The number of rotatable bonds is 7. The largest absolute Gasteiger partial charge is 0.381 e. The molecular weight excluding hydrogens is 304 g/mol. The summed E-state index contributed by atoms with van der Waals surface area (Å²) < 4.78 is 5.42. The summed E-state index contributed by atoms with van der Waals surface area (Å²) in [5, 5.41) is 0. The highest BCUT2D eigenvalue weighted by molar-refractivity contribution is 5.24. The topological polar surface area (TPSA) is 9.23 Å². The first kappa shape index (κ1) is 20.3. The smallest absolute Gasteiger partial charge is 0.0571 e. The van der Waals surface area contributed by atoms with Gasteiger partial charge in [0.25, 0.3) is 0 Å². The van der Waals surface area contributed by atoms with E-state index >= 15 is 0 Å². The fourth-order valence-corrected chi connectivity index (χ4v) is 4.33.